The van der Waals surface area contributed by atoms with E-state index < -0.39 is 0 Å². The van der Waals surface area contributed by atoms with E-state index in [0.717, 1.165) is 19.0 Å². The molecule has 0 saturated carbocycles. The van der Waals surface area contributed by atoms with Gasteiger partial charge in [-0.2, -0.15) is 0 Å². The van der Waals surface area contributed by atoms with Gasteiger partial charge in [-0.25, -0.2) is 0 Å². The molecular formula is C13H27N. The highest BCUT2D eigenvalue weighted by atomic mass is 14.9. The van der Waals surface area contributed by atoms with Gasteiger partial charge in [0.05, 0.1) is 0 Å². The molecular weight excluding hydrogens is 170 g/mol. The zero-order chi connectivity index (χ0) is 11.0. The van der Waals surface area contributed by atoms with Crippen LogP contribution in [0.5, 0.6) is 0 Å². The van der Waals surface area contributed by atoms with Gasteiger partial charge in [0, 0.05) is 0 Å². The van der Waals surface area contributed by atoms with E-state index in [1.165, 1.54) is 24.8 Å². The van der Waals surface area contributed by atoms with Crippen LogP contribution in [0.4, 0.5) is 0 Å². The SMILES string of the molecule is C=C(C)C(C)C(CC)CNCCCC. The summed E-state index contributed by atoms with van der Waals surface area (Å²) < 4.78 is 0. The lowest BCUT2D eigenvalue weighted by Gasteiger charge is -2.23. The molecule has 0 saturated heterocycles. The van der Waals surface area contributed by atoms with Gasteiger partial charge >= 0.3 is 0 Å². The van der Waals surface area contributed by atoms with Crippen LogP contribution in [-0.2, 0) is 0 Å². The molecule has 0 aliphatic heterocycles. The molecule has 1 heteroatoms. The van der Waals surface area contributed by atoms with Crippen molar-refractivity contribution in [3.05, 3.63) is 12.2 Å². The minimum atomic E-state index is 0.647. The van der Waals surface area contributed by atoms with Crippen LogP contribution < -0.4 is 5.32 Å². The molecule has 0 spiro atoms. The molecule has 0 bridgehead atoms. The molecule has 0 heterocycles. The van der Waals surface area contributed by atoms with Gasteiger partial charge in [0.2, 0.25) is 0 Å². The predicted octanol–water partition coefficient (Wildman–Crippen LogP) is 3.61. The number of unbranched alkanes of at least 4 members (excludes halogenated alkanes) is 1. The van der Waals surface area contributed by atoms with Gasteiger partial charge < -0.3 is 5.32 Å². The largest absolute Gasteiger partial charge is 0.316 e. The summed E-state index contributed by atoms with van der Waals surface area (Å²) in [4.78, 5) is 0. The summed E-state index contributed by atoms with van der Waals surface area (Å²) in [5.74, 6) is 1.40. The molecule has 2 atom stereocenters. The zero-order valence-electron chi connectivity index (χ0n) is 10.4. The average molecular weight is 197 g/mol. The van der Waals surface area contributed by atoms with Gasteiger partial charge in [-0.1, -0.05) is 45.8 Å². The fraction of sp³-hybridized carbons (Fsp3) is 0.846. The molecule has 0 aliphatic rings. The summed E-state index contributed by atoms with van der Waals surface area (Å²) in [6.45, 7) is 15.3. The third-order valence-corrected chi connectivity index (χ3v) is 3.12. The van der Waals surface area contributed by atoms with Crippen molar-refractivity contribution in [2.45, 2.75) is 47.0 Å². The summed E-state index contributed by atoms with van der Waals surface area (Å²) in [5, 5.41) is 3.53. The Labute approximate surface area is 90.0 Å². The van der Waals surface area contributed by atoms with Crippen LogP contribution in [0.2, 0.25) is 0 Å². The van der Waals surface area contributed by atoms with Gasteiger partial charge in [-0.05, 0) is 38.3 Å². The Kier molecular flexibility index (Phi) is 7.87. The molecule has 0 fully saturated rings. The summed E-state index contributed by atoms with van der Waals surface area (Å²) in [6, 6.07) is 0. The Hall–Kier alpha value is -0.300. The minimum absolute atomic E-state index is 0.647. The average Bonchev–Trinajstić information content (AvgIpc) is 2.17. The van der Waals surface area contributed by atoms with Gasteiger partial charge in [-0.15, -0.1) is 0 Å². The molecule has 0 radical (unpaired) electrons. The summed E-state index contributed by atoms with van der Waals surface area (Å²) in [7, 11) is 0. The third kappa shape index (κ3) is 5.43. The fourth-order valence-corrected chi connectivity index (χ4v) is 1.67. The van der Waals surface area contributed by atoms with Crippen LogP contribution in [0.15, 0.2) is 12.2 Å². The highest BCUT2D eigenvalue weighted by molar-refractivity contribution is 4.96. The predicted molar refractivity (Wildman–Crippen MR) is 65.5 cm³/mol. The van der Waals surface area contributed by atoms with E-state index in [0.29, 0.717) is 5.92 Å². The van der Waals surface area contributed by atoms with E-state index >= 15 is 0 Å². The van der Waals surface area contributed by atoms with Crippen LogP contribution in [0, 0.1) is 11.8 Å². The Balaban J connectivity index is 3.73. The highest BCUT2D eigenvalue weighted by Gasteiger charge is 2.14. The first-order valence-corrected chi connectivity index (χ1v) is 5.99. The standard InChI is InChI=1S/C13H27N/c1-6-8-9-14-10-13(7-2)12(5)11(3)4/h12-14H,3,6-10H2,1-2,4-5H3. The molecule has 0 rings (SSSR count). The monoisotopic (exact) mass is 197 g/mol. The van der Waals surface area contributed by atoms with Gasteiger partial charge in [0.25, 0.3) is 0 Å². The maximum atomic E-state index is 4.04. The van der Waals surface area contributed by atoms with E-state index in [1.807, 2.05) is 0 Å². The number of nitrogens with one attached hydrogen (secondary N) is 1. The quantitative estimate of drug-likeness (QED) is 0.463. The highest BCUT2D eigenvalue weighted by Crippen LogP contribution is 2.20. The molecule has 0 amide bonds. The molecule has 84 valence electrons. The molecule has 2 unspecified atom stereocenters. The third-order valence-electron chi connectivity index (χ3n) is 3.12. The first-order valence-electron chi connectivity index (χ1n) is 5.99. The van der Waals surface area contributed by atoms with Crippen molar-refractivity contribution in [2.75, 3.05) is 13.1 Å². The van der Waals surface area contributed by atoms with Crippen molar-refractivity contribution >= 4 is 0 Å². The van der Waals surface area contributed by atoms with Crippen molar-refractivity contribution in [3.63, 3.8) is 0 Å². The van der Waals surface area contributed by atoms with Crippen molar-refractivity contribution in [2.24, 2.45) is 11.8 Å². The maximum absolute atomic E-state index is 4.04. The summed E-state index contributed by atoms with van der Waals surface area (Å²) in [5.41, 5.74) is 1.31. The number of allylic oxidation sites excluding steroid dienone is 1. The van der Waals surface area contributed by atoms with E-state index in [-0.39, 0.29) is 0 Å². The normalized spacial score (nSPS) is 15.1. The second-order valence-corrected chi connectivity index (χ2v) is 4.36. The maximum Gasteiger partial charge on any atom is -0.00150 e. The lowest BCUT2D eigenvalue weighted by Crippen LogP contribution is -2.27. The van der Waals surface area contributed by atoms with Crippen molar-refractivity contribution in [3.8, 4) is 0 Å². The summed E-state index contributed by atoms with van der Waals surface area (Å²) in [6.07, 6.45) is 3.81. The Bertz CT molecular complexity index is 151. The molecule has 1 N–H and O–H groups in total. The Morgan fingerprint density at radius 2 is 2.00 bits per heavy atom. The van der Waals surface area contributed by atoms with Crippen LogP contribution in [0.25, 0.3) is 0 Å². The van der Waals surface area contributed by atoms with Crippen LogP contribution in [-0.4, -0.2) is 13.1 Å². The number of rotatable bonds is 8. The molecule has 0 aliphatic carbocycles. The van der Waals surface area contributed by atoms with Crippen molar-refractivity contribution < 1.29 is 0 Å². The molecule has 0 aromatic heterocycles. The zero-order valence-corrected chi connectivity index (χ0v) is 10.4. The van der Waals surface area contributed by atoms with E-state index in [4.69, 9.17) is 0 Å². The topological polar surface area (TPSA) is 12.0 Å². The fourth-order valence-electron chi connectivity index (χ4n) is 1.67. The van der Waals surface area contributed by atoms with E-state index in [9.17, 15) is 0 Å². The lowest BCUT2D eigenvalue weighted by molar-refractivity contribution is 0.367. The van der Waals surface area contributed by atoms with Gasteiger partial charge in [0.15, 0.2) is 0 Å². The lowest BCUT2D eigenvalue weighted by atomic mass is 9.87. The number of hydrogen-bond donors (Lipinski definition) is 1. The van der Waals surface area contributed by atoms with Crippen LogP contribution in [0.1, 0.15) is 47.0 Å². The first kappa shape index (κ1) is 13.7. The number of hydrogen-bond acceptors (Lipinski definition) is 1. The van der Waals surface area contributed by atoms with Crippen molar-refractivity contribution in [1.82, 2.24) is 5.32 Å². The van der Waals surface area contributed by atoms with Crippen molar-refractivity contribution in [1.29, 1.82) is 0 Å². The van der Waals surface area contributed by atoms with Gasteiger partial charge in [0.1, 0.15) is 0 Å². The van der Waals surface area contributed by atoms with Crippen LogP contribution >= 0.6 is 0 Å². The molecule has 1 nitrogen and oxygen atoms in total. The summed E-state index contributed by atoms with van der Waals surface area (Å²) >= 11 is 0. The molecule has 14 heavy (non-hydrogen) atoms. The second-order valence-electron chi connectivity index (χ2n) is 4.36. The van der Waals surface area contributed by atoms with Gasteiger partial charge in [-0.3, -0.25) is 0 Å². The minimum Gasteiger partial charge on any atom is -0.316 e. The van der Waals surface area contributed by atoms with E-state index in [2.05, 4.69) is 39.6 Å². The molecule has 0 aromatic carbocycles. The Morgan fingerprint density at radius 1 is 1.36 bits per heavy atom. The van der Waals surface area contributed by atoms with Crippen LogP contribution in [0.3, 0.4) is 0 Å². The van der Waals surface area contributed by atoms with E-state index in [1.54, 1.807) is 0 Å². The Morgan fingerprint density at radius 3 is 2.43 bits per heavy atom. The first-order chi connectivity index (χ1) is 6.63. The second kappa shape index (κ2) is 8.05. The molecule has 0 aromatic rings. The smallest absolute Gasteiger partial charge is 0.00150 e.